The van der Waals surface area contributed by atoms with Gasteiger partial charge in [0.2, 0.25) is 0 Å². The Morgan fingerprint density at radius 1 is 0.944 bits per heavy atom. The Labute approximate surface area is 132 Å². The molecule has 2 aliphatic rings. The molecule has 0 N–H and O–H groups in total. The summed E-state index contributed by atoms with van der Waals surface area (Å²) in [6.07, 6.45) is 6.98. The summed E-state index contributed by atoms with van der Waals surface area (Å²) in [5, 5.41) is 0. The molecule has 18 heavy (non-hydrogen) atoms. The summed E-state index contributed by atoms with van der Waals surface area (Å²) >= 11 is 1.16. The first kappa shape index (κ1) is 16.1. The predicted molar refractivity (Wildman–Crippen MR) is 74.3 cm³/mol. The van der Waals surface area contributed by atoms with Crippen LogP contribution in [0.2, 0.25) is 0 Å². The molecule has 2 rings (SSSR count). The quantitative estimate of drug-likeness (QED) is 0.729. The molecule has 0 saturated carbocycles. The van der Waals surface area contributed by atoms with E-state index in [0.717, 1.165) is 38.0 Å². The van der Waals surface area contributed by atoms with Gasteiger partial charge in [-0.25, -0.2) is 0 Å². The van der Waals surface area contributed by atoms with Gasteiger partial charge in [-0.2, -0.15) is 0 Å². The van der Waals surface area contributed by atoms with Gasteiger partial charge in [-0.05, 0) is 0 Å². The fraction of sp³-hybridized carbons (Fsp3) is 0.467. The molecule has 0 spiro atoms. The summed E-state index contributed by atoms with van der Waals surface area (Å²) in [7, 11) is 0. The van der Waals surface area contributed by atoms with E-state index in [4.69, 9.17) is 2.81 Å². The van der Waals surface area contributed by atoms with Gasteiger partial charge >= 0.3 is 120 Å². The van der Waals surface area contributed by atoms with Crippen LogP contribution in [-0.4, -0.2) is 6.10 Å². The summed E-state index contributed by atoms with van der Waals surface area (Å²) in [5.74, 6) is 0. The molecular weight excluding hydrogens is 323 g/mol. The van der Waals surface area contributed by atoms with E-state index in [9.17, 15) is 0 Å². The second kappa shape index (κ2) is 6.50. The zero-order chi connectivity index (χ0) is 12.6. The molecule has 0 aromatic carbocycles. The SMILES string of the molecule is CC1=CCC(C([O][Zr])C2=C(C)C(C)=CC2)=C1C.Cl. The van der Waals surface area contributed by atoms with Crippen molar-refractivity contribution < 1.29 is 28.0 Å². The zero-order valence-corrected chi connectivity index (χ0v) is 14.7. The fourth-order valence-corrected chi connectivity index (χ4v) is 3.30. The third-order valence-corrected chi connectivity index (χ3v) is 4.73. The van der Waals surface area contributed by atoms with Crippen molar-refractivity contribution in [3.63, 3.8) is 0 Å². The van der Waals surface area contributed by atoms with Crippen LogP contribution in [0, 0.1) is 0 Å². The molecule has 0 saturated heterocycles. The summed E-state index contributed by atoms with van der Waals surface area (Å²) < 4.78 is 5.86. The van der Waals surface area contributed by atoms with Crippen molar-refractivity contribution in [2.24, 2.45) is 0 Å². The maximum atomic E-state index is 5.86. The molecule has 0 unspecified atom stereocenters. The van der Waals surface area contributed by atoms with Crippen molar-refractivity contribution in [1.29, 1.82) is 0 Å². The first-order valence-electron chi connectivity index (χ1n) is 6.12. The van der Waals surface area contributed by atoms with E-state index in [1.54, 1.807) is 0 Å². The van der Waals surface area contributed by atoms with Crippen LogP contribution in [0.5, 0.6) is 0 Å². The second-order valence-electron chi connectivity index (χ2n) is 4.98. The van der Waals surface area contributed by atoms with Gasteiger partial charge in [-0.15, -0.1) is 12.4 Å². The molecule has 1 nitrogen and oxygen atoms in total. The van der Waals surface area contributed by atoms with Gasteiger partial charge in [0.1, 0.15) is 0 Å². The zero-order valence-electron chi connectivity index (χ0n) is 11.5. The van der Waals surface area contributed by atoms with Crippen LogP contribution in [-0.2, 0) is 28.0 Å². The number of halogens is 1. The standard InChI is InChI=1S/C15H19O.ClH.Zr/c1-9-5-7-13(11(9)3)15(16)14-8-6-10(2)12(14)4;;/h5-6,15H,7-8H2,1-4H3;1H;/q-1;;+1. The first-order valence-corrected chi connectivity index (χ1v) is 7.12. The van der Waals surface area contributed by atoms with Gasteiger partial charge in [0.15, 0.2) is 0 Å². The molecule has 2 aliphatic carbocycles. The molecule has 0 amide bonds. The van der Waals surface area contributed by atoms with E-state index in [-0.39, 0.29) is 18.5 Å². The normalized spacial score (nSPS) is 19.3. The largest absolute Gasteiger partial charge is 0.147 e. The third-order valence-electron chi connectivity index (χ3n) is 4.15. The molecule has 0 radical (unpaired) electrons. The monoisotopic (exact) mass is 341 g/mol. The van der Waals surface area contributed by atoms with Crippen LogP contribution in [0.15, 0.2) is 45.6 Å². The van der Waals surface area contributed by atoms with E-state index < -0.39 is 0 Å². The summed E-state index contributed by atoms with van der Waals surface area (Å²) in [6, 6.07) is 0. The Balaban J connectivity index is 0.00000162. The van der Waals surface area contributed by atoms with Gasteiger partial charge in [0.05, 0.1) is 0 Å². The predicted octanol–water partition coefficient (Wildman–Crippen LogP) is 4.59. The molecule has 0 aromatic rings. The first-order chi connectivity index (χ1) is 8.06. The van der Waals surface area contributed by atoms with E-state index in [2.05, 4.69) is 39.8 Å². The van der Waals surface area contributed by atoms with Crippen molar-refractivity contribution in [2.75, 3.05) is 0 Å². The fourth-order valence-electron chi connectivity index (χ4n) is 2.60. The van der Waals surface area contributed by atoms with Crippen molar-refractivity contribution in [3.05, 3.63) is 45.6 Å². The van der Waals surface area contributed by atoms with E-state index in [1.807, 2.05) is 0 Å². The van der Waals surface area contributed by atoms with Crippen LogP contribution in [0.4, 0.5) is 0 Å². The maximum Gasteiger partial charge on any atom is -0.147 e. The number of allylic oxidation sites excluding steroid dienone is 6. The van der Waals surface area contributed by atoms with Gasteiger partial charge in [0, 0.05) is 0 Å². The smallest absolute Gasteiger partial charge is 0.147 e. The number of rotatable bonds is 3. The Bertz CT molecular complexity index is 427. The van der Waals surface area contributed by atoms with Crippen LogP contribution in [0.25, 0.3) is 0 Å². The van der Waals surface area contributed by atoms with Gasteiger partial charge < -0.3 is 0 Å². The number of hydrogen-bond donors (Lipinski definition) is 0. The van der Waals surface area contributed by atoms with Gasteiger partial charge in [-0.3, -0.25) is 0 Å². The Hall–Kier alpha value is 0.0931. The minimum absolute atomic E-state index is 0. The molecule has 3 heteroatoms. The molecular formula is C15H20ClOZr. The van der Waals surface area contributed by atoms with E-state index in [0.29, 0.717) is 0 Å². The molecule has 0 bridgehead atoms. The third kappa shape index (κ3) is 2.81. The van der Waals surface area contributed by atoms with Crippen LogP contribution in [0.3, 0.4) is 0 Å². The molecule has 0 aliphatic heterocycles. The van der Waals surface area contributed by atoms with Crippen molar-refractivity contribution >= 4 is 12.4 Å². The minimum Gasteiger partial charge on any atom is -0.147 e. The van der Waals surface area contributed by atoms with Crippen molar-refractivity contribution in [2.45, 2.75) is 46.6 Å². The Kier molecular flexibility index (Phi) is 5.83. The Morgan fingerprint density at radius 2 is 1.33 bits per heavy atom. The van der Waals surface area contributed by atoms with Crippen molar-refractivity contribution in [1.82, 2.24) is 0 Å². The van der Waals surface area contributed by atoms with Gasteiger partial charge in [-0.1, -0.05) is 0 Å². The minimum atomic E-state index is 0. The summed E-state index contributed by atoms with van der Waals surface area (Å²) in [5.41, 5.74) is 8.63. The van der Waals surface area contributed by atoms with Crippen molar-refractivity contribution in [3.8, 4) is 0 Å². The number of hydrogen-bond acceptors (Lipinski definition) is 1. The molecule has 0 atom stereocenters. The Morgan fingerprint density at radius 3 is 1.56 bits per heavy atom. The summed E-state index contributed by atoms with van der Waals surface area (Å²) in [4.78, 5) is 0. The summed E-state index contributed by atoms with van der Waals surface area (Å²) in [6.45, 7) is 8.84. The van der Waals surface area contributed by atoms with Gasteiger partial charge in [0.25, 0.3) is 0 Å². The topological polar surface area (TPSA) is 9.23 Å². The van der Waals surface area contributed by atoms with Crippen LogP contribution >= 0.6 is 12.4 Å². The van der Waals surface area contributed by atoms with E-state index >= 15 is 0 Å². The molecule has 0 heterocycles. The average molecular weight is 343 g/mol. The van der Waals surface area contributed by atoms with E-state index in [1.165, 1.54) is 33.4 Å². The maximum absolute atomic E-state index is 5.86. The molecule has 0 aromatic heterocycles. The second-order valence-corrected chi connectivity index (χ2v) is 5.56. The molecule has 0 fully saturated rings. The average Bonchev–Trinajstić information content (AvgIpc) is 2.80. The van der Waals surface area contributed by atoms with Crippen LogP contribution in [0.1, 0.15) is 40.5 Å². The molecule has 97 valence electrons. The van der Waals surface area contributed by atoms with Crippen LogP contribution < -0.4 is 0 Å².